The summed E-state index contributed by atoms with van der Waals surface area (Å²) in [7, 11) is 0. The first-order chi connectivity index (χ1) is 4.13. The molecule has 1 heterocycles. The van der Waals surface area contributed by atoms with Crippen LogP contribution in [0.15, 0.2) is 0 Å². The number of hydrogen-bond acceptors (Lipinski definition) is 5. The van der Waals surface area contributed by atoms with E-state index in [0.717, 1.165) is 0 Å². The third-order valence-electron chi connectivity index (χ3n) is 0.983. The molecule has 1 aliphatic rings. The van der Waals surface area contributed by atoms with Gasteiger partial charge in [-0.15, -0.1) is 0 Å². The molecule has 0 aliphatic carbocycles. The quantitative estimate of drug-likeness (QED) is 0.288. The number of rotatable bonds is 0. The molecule has 0 aromatic carbocycles. The molecule has 0 saturated carbocycles. The highest BCUT2D eigenvalue weighted by Crippen LogP contribution is 2.07. The first kappa shape index (κ1) is 6.18. The molecule has 1 fully saturated rings. The van der Waals surface area contributed by atoms with Gasteiger partial charge < -0.3 is 14.9 Å². The second-order valence-corrected chi connectivity index (χ2v) is 1.63. The van der Waals surface area contributed by atoms with E-state index in [0.29, 0.717) is 0 Å². The molecular formula is C4H4O5. The van der Waals surface area contributed by atoms with Crippen LogP contribution in [0.3, 0.4) is 0 Å². The van der Waals surface area contributed by atoms with Gasteiger partial charge in [-0.1, -0.05) is 0 Å². The van der Waals surface area contributed by atoms with Gasteiger partial charge in [0.25, 0.3) is 0 Å². The van der Waals surface area contributed by atoms with Gasteiger partial charge in [0.15, 0.2) is 12.2 Å². The number of carbonyl (C=O) groups excluding carboxylic acids is 2. The minimum absolute atomic E-state index is 1.09. The molecule has 2 N–H and O–H groups in total. The van der Waals surface area contributed by atoms with Gasteiger partial charge in [-0.05, 0) is 0 Å². The highest BCUT2D eigenvalue weighted by molar-refractivity contribution is 5.99. The van der Waals surface area contributed by atoms with E-state index < -0.39 is 24.1 Å². The Labute approximate surface area is 49.9 Å². The predicted octanol–water partition coefficient (Wildman–Crippen LogP) is -2.21. The summed E-state index contributed by atoms with van der Waals surface area (Å²) in [5.41, 5.74) is 0. The maximum Gasteiger partial charge on any atom is 0.346 e. The molecule has 1 rings (SSSR count). The molecule has 5 nitrogen and oxygen atoms in total. The first-order valence-electron chi connectivity index (χ1n) is 2.24. The van der Waals surface area contributed by atoms with Gasteiger partial charge >= 0.3 is 11.9 Å². The number of cyclic esters (lactones) is 2. The second-order valence-electron chi connectivity index (χ2n) is 1.63. The van der Waals surface area contributed by atoms with Crippen LogP contribution in [0.25, 0.3) is 0 Å². The molecule has 0 unspecified atom stereocenters. The molecule has 1 saturated heterocycles. The Morgan fingerprint density at radius 1 is 1.11 bits per heavy atom. The van der Waals surface area contributed by atoms with Crippen molar-refractivity contribution >= 4 is 11.9 Å². The maximum atomic E-state index is 10.1. The van der Waals surface area contributed by atoms with Crippen LogP contribution < -0.4 is 0 Å². The molecule has 1 aliphatic heterocycles. The van der Waals surface area contributed by atoms with Crippen molar-refractivity contribution in [3.8, 4) is 0 Å². The number of aliphatic hydroxyl groups is 2. The minimum Gasteiger partial charge on any atom is -0.389 e. The zero-order valence-electron chi connectivity index (χ0n) is 4.27. The van der Waals surface area contributed by atoms with Crippen molar-refractivity contribution in [3.63, 3.8) is 0 Å². The number of hydrogen-bond donors (Lipinski definition) is 2. The molecule has 0 amide bonds. The minimum atomic E-state index is -1.70. The lowest BCUT2D eigenvalue weighted by Gasteiger charge is -1.95. The standard InChI is InChI=1S/C4H4O5/c5-1-2(6)4(8)9-3(1)7/h1-2,5-6H/t1-,2+. The SMILES string of the molecule is O=C1OC(=O)[C@H](O)[C@@H]1O. The molecule has 5 heteroatoms. The Bertz CT molecular complexity index is 144. The van der Waals surface area contributed by atoms with Crippen LogP contribution in [0.4, 0.5) is 0 Å². The van der Waals surface area contributed by atoms with Crippen LogP contribution in [-0.2, 0) is 14.3 Å². The third kappa shape index (κ3) is 0.797. The molecular weight excluding hydrogens is 128 g/mol. The first-order valence-corrected chi connectivity index (χ1v) is 2.24. The van der Waals surface area contributed by atoms with E-state index in [1.54, 1.807) is 0 Å². The lowest BCUT2D eigenvalue weighted by Crippen LogP contribution is -2.27. The van der Waals surface area contributed by atoms with Crippen LogP contribution >= 0.6 is 0 Å². The third-order valence-corrected chi connectivity index (χ3v) is 0.983. The van der Waals surface area contributed by atoms with E-state index in [-0.39, 0.29) is 0 Å². The lowest BCUT2D eigenvalue weighted by atomic mass is 10.2. The molecule has 0 bridgehead atoms. The van der Waals surface area contributed by atoms with E-state index in [4.69, 9.17) is 10.2 Å². The number of ether oxygens (including phenoxy) is 1. The summed E-state index contributed by atoms with van der Waals surface area (Å²) in [6, 6.07) is 0. The average molecular weight is 132 g/mol. The zero-order chi connectivity index (χ0) is 7.02. The Kier molecular flexibility index (Phi) is 1.22. The van der Waals surface area contributed by atoms with Gasteiger partial charge in [0.1, 0.15) is 0 Å². The van der Waals surface area contributed by atoms with E-state index >= 15 is 0 Å². The average Bonchev–Trinajstić information content (AvgIpc) is 1.98. The van der Waals surface area contributed by atoms with E-state index in [2.05, 4.69) is 4.74 Å². The van der Waals surface area contributed by atoms with Crippen molar-refractivity contribution in [1.29, 1.82) is 0 Å². The summed E-state index contributed by atoms with van der Waals surface area (Å²) in [5, 5.41) is 17.0. The van der Waals surface area contributed by atoms with Crippen LogP contribution in [0.1, 0.15) is 0 Å². The van der Waals surface area contributed by atoms with E-state index in [9.17, 15) is 9.59 Å². The summed E-state index contributed by atoms with van der Waals surface area (Å²) >= 11 is 0. The monoisotopic (exact) mass is 132 g/mol. The molecule has 0 radical (unpaired) electrons. The maximum absolute atomic E-state index is 10.1. The Morgan fingerprint density at radius 2 is 1.44 bits per heavy atom. The summed E-state index contributed by atoms with van der Waals surface area (Å²) in [4.78, 5) is 20.3. The van der Waals surface area contributed by atoms with Gasteiger partial charge in [0.05, 0.1) is 0 Å². The second kappa shape index (κ2) is 1.78. The van der Waals surface area contributed by atoms with Crippen molar-refractivity contribution < 1.29 is 24.5 Å². The van der Waals surface area contributed by atoms with Gasteiger partial charge in [0, 0.05) is 0 Å². The molecule has 2 atom stereocenters. The lowest BCUT2D eigenvalue weighted by molar-refractivity contribution is -0.155. The Morgan fingerprint density at radius 3 is 1.56 bits per heavy atom. The molecule has 0 aromatic heterocycles. The summed E-state index contributed by atoms with van der Waals surface area (Å²) in [5.74, 6) is -2.18. The van der Waals surface area contributed by atoms with Crippen LogP contribution in [0.2, 0.25) is 0 Å². The van der Waals surface area contributed by atoms with Gasteiger partial charge in [-0.25, -0.2) is 9.59 Å². The molecule has 0 spiro atoms. The molecule has 9 heavy (non-hydrogen) atoms. The fourth-order valence-corrected chi connectivity index (χ4v) is 0.478. The van der Waals surface area contributed by atoms with Crippen LogP contribution in [0.5, 0.6) is 0 Å². The number of aliphatic hydroxyl groups excluding tert-OH is 2. The molecule has 50 valence electrons. The van der Waals surface area contributed by atoms with Gasteiger partial charge in [-0.3, -0.25) is 0 Å². The summed E-state index contributed by atoms with van der Waals surface area (Å²) in [6.45, 7) is 0. The van der Waals surface area contributed by atoms with Crippen molar-refractivity contribution in [2.75, 3.05) is 0 Å². The van der Waals surface area contributed by atoms with Crippen LogP contribution in [0, 0.1) is 0 Å². The normalized spacial score (nSPS) is 34.9. The highest BCUT2D eigenvalue weighted by Gasteiger charge is 2.41. The van der Waals surface area contributed by atoms with Crippen LogP contribution in [-0.4, -0.2) is 34.4 Å². The van der Waals surface area contributed by atoms with Crippen molar-refractivity contribution in [3.05, 3.63) is 0 Å². The van der Waals surface area contributed by atoms with Crippen molar-refractivity contribution in [1.82, 2.24) is 0 Å². The summed E-state index contributed by atoms with van der Waals surface area (Å²) in [6.07, 6.45) is -3.39. The predicted molar refractivity (Wildman–Crippen MR) is 23.1 cm³/mol. The molecule has 0 aromatic rings. The smallest absolute Gasteiger partial charge is 0.346 e. The van der Waals surface area contributed by atoms with Crippen molar-refractivity contribution in [2.24, 2.45) is 0 Å². The summed E-state index contributed by atoms with van der Waals surface area (Å²) < 4.78 is 3.81. The Hall–Kier alpha value is -0.940. The van der Waals surface area contributed by atoms with Crippen molar-refractivity contribution in [2.45, 2.75) is 12.2 Å². The van der Waals surface area contributed by atoms with Gasteiger partial charge in [0.2, 0.25) is 0 Å². The van der Waals surface area contributed by atoms with E-state index in [1.165, 1.54) is 0 Å². The van der Waals surface area contributed by atoms with E-state index in [1.807, 2.05) is 0 Å². The fourth-order valence-electron chi connectivity index (χ4n) is 0.478. The zero-order valence-corrected chi connectivity index (χ0v) is 4.27. The Balaban J connectivity index is 2.77. The highest BCUT2D eigenvalue weighted by atomic mass is 16.6. The largest absolute Gasteiger partial charge is 0.389 e. The topological polar surface area (TPSA) is 83.8 Å². The number of esters is 2. The fraction of sp³-hybridized carbons (Fsp3) is 0.500. The number of carbonyl (C=O) groups is 2. The van der Waals surface area contributed by atoms with Gasteiger partial charge in [-0.2, -0.15) is 0 Å².